The van der Waals surface area contributed by atoms with E-state index < -0.39 is 12.3 Å². The van der Waals surface area contributed by atoms with Gasteiger partial charge in [-0.2, -0.15) is 5.10 Å². The van der Waals surface area contributed by atoms with Crippen LogP contribution in [0.3, 0.4) is 0 Å². The van der Waals surface area contributed by atoms with Gasteiger partial charge < -0.3 is 0 Å². The van der Waals surface area contributed by atoms with Crippen molar-refractivity contribution in [2.75, 3.05) is 0 Å². The van der Waals surface area contributed by atoms with Crippen molar-refractivity contribution in [3.8, 4) is 11.3 Å². The topological polar surface area (TPSA) is 85.3 Å². The van der Waals surface area contributed by atoms with Crippen molar-refractivity contribution in [3.05, 3.63) is 52.8 Å². The summed E-state index contributed by atoms with van der Waals surface area (Å²) in [5.74, 6) is 4.48. The normalized spacial score (nSPS) is 11.2. The van der Waals surface area contributed by atoms with Gasteiger partial charge in [-0.1, -0.05) is 12.1 Å². The highest BCUT2D eigenvalue weighted by Crippen LogP contribution is 2.27. The van der Waals surface area contributed by atoms with E-state index in [4.69, 9.17) is 5.84 Å². The van der Waals surface area contributed by atoms with Crippen molar-refractivity contribution in [1.29, 1.82) is 0 Å². The van der Waals surface area contributed by atoms with Crippen molar-refractivity contribution in [1.82, 2.24) is 20.0 Å². The number of hydrogen-bond acceptors (Lipinski definition) is 4. The molecule has 0 fully saturated rings. The van der Waals surface area contributed by atoms with Crippen molar-refractivity contribution in [3.63, 3.8) is 0 Å². The SMILES string of the molecule is Cc1ccc(-c2cc(C(F)F)n3ncc(C(=O)NN)c3n2)cc1C. The number of fused-ring (bicyclic) bond motifs is 1. The Kier molecular flexibility index (Phi) is 3.98. The van der Waals surface area contributed by atoms with E-state index >= 15 is 0 Å². The van der Waals surface area contributed by atoms with Crippen LogP contribution in [0, 0.1) is 13.8 Å². The molecule has 2 heterocycles. The molecule has 0 saturated heterocycles. The molecule has 0 aliphatic rings. The zero-order valence-corrected chi connectivity index (χ0v) is 13.0. The van der Waals surface area contributed by atoms with Crippen LogP contribution in [-0.2, 0) is 0 Å². The molecule has 3 N–H and O–H groups in total. The monoisotopic (exact) mass is 331 g/mol. The first-order valence-corrected chi connectivity index (χ1v) is 7.17. The Labute approximate surface area is 136 Å². The summed E-state index contributed by atoms with van der Waals surface area (Å²) in [7, 11) is 0. The summed E-state index contributed by atoms with van der Waals surface area (Å²) in [5, 5.41) is 3.83. The Morgan fingerprint density at radius 3 is 2.62 bits per heavy atom. The smallest absolute Gasteiger partial charge is 0.280 e. The highest BCUT2D eigenvalue weighted by Gasteiger charge is 2.21. The number of nitrogen functional groups attached to an aromatic ring is 1. The molecule has 0 spiro atoms. The Morgan fingerprint density at radius 2 is 2.00 bits per heavy atom. The van der Waals surface area contributed by atoms with Gasteiger partial charge in [0.1, 0.15) is 11.3 Å². The summed E-state index contributed by atoms with van der Waals surface area (Å²) >= 11 is 0. The van der Waals surface area contributed by atoms with Crippen LogP contribution in [0.4, 0.5) is 8.78 Å². The molecule has 0 radical (unpaired) electrons. The standard InChI is InChI=1S/C16H15F2N5O/c1-8-3-4-10(5-9(8)2)12-6-13(14(17)18)23-15(21-12)11(7-20-23)16(24)22-19/h3-7,14H,19H2,1-2H3,(H,22,24). The molecule has 1 amide bonds. The number of carbonyl (C=O) groups is 1. The maximum absolute atomic E-state index is 13.4. The first kappa shape index (κ1) is 16.0. The second-order valence-corrected chi connectivity index (χ2v) is 5.43. The van der Waals surface area contributed by atoms with E-state index in [1.807, 2.05) is 31.4 Å². The summed E-state index contributed by atoms with van der Waals surface area (Å²) in [6.07, 6.45) is -1.60. The highest BCUT2D eigenvalue weighted by molar-refractivity contribution is 5.99. The quantitative estimate of drug-likeness (QED) is 0.439. The minimum atomic E-state index is -2.77. The zero-order chi connectivity index (χ0) is 17.4. The largest absolute Gasteiger partial charge is 0.290 e. The van der Waals surface area contributed by atoms with E-state index in [2.05, 4.69) is 10.1 Å². The average molecular weight is 331 g/mol. The Balaban J connectivity index is 2.28. The van der Waals surface area contributed by atoms with Crippen molar-refractivity contribution < 1.29 is 13.6 Å². The number of nitrogens with two attached hydrogens (primary N) is 1. The fourth-order valence-corrected chi connectivity index (χ4v) is 2.43. The lowest BCUT2D eigenvalue weighted by Crippen LogP contribution is -2.30. The Hall–Kier alpha value is -2.87. The fraction of sp³-hybridized carbons (Fsp3) is 0.188. The van der Waals surface area contributed by atoms with Crippen LogP contribution < -0.4 is 11.3 Å². The third-order valence-corrected chi connectivity index (χ3v) is 3.90. The predicted molar refractivity (Wildman–Crippen MR) is 84.5 cm³/mol. The Morgan fingerprint density at radius 1 is 1.25 bits per heavy atom. The fourth-order valence-electron chi connectivity index (χ4n) is 2.43. The highest BCUT2D eigenvalue weighted by atomic mass is 19.3. The number of amides is 1. The molecule has 0 bridgehead atoms. The molecular weight excluding hydrogens is 316 g/mol. The summed E-state index contributed by atoms with van der Waals surface area (Å²) in [5.41, 5.74) is 4.81. The number of nitrogens with one attached hydrogen (secondary N) is 1. The summed E-state index contributed by atoms with van der Waals surface area (Å²) in [4.78, 5) is 16.1. The number of benzene rings is 1. The molecule has 8 heteroatoms. The van der Waals surface area contributed by atoms with Crippen LogP contribution in [-0.4, -0.2) is 20.5 Å². The molecule has 0 aliphatic carbocycles. The number of alkyl halides is 2. The van der Waals surface area contributed by atoms with Crippen LogP contribution in [0.25, 0.3) is 16.9 Å². The van der Waals surface area contributed by atoms with Crippen LogP contribution in [0.5, 0.6) is 0 Å². The van der Waals surface area contributed by atoms with Gasteiger partial charge in [-0.3, -0.25) is 10.2 Å². The number of carbonyl (C=O) groups excluding carboxylic acids is 1. The third kappa shape index (κ3) is 2.61. The van der Waals surface area contributed by atoms with Gasteiger partial charge >= 0.3 is 0 Å². The molecule has 24 heavy (non-hydrogen) atoms. The number of aryl methyl sites for hydroxylation is 2. The second-order valence-electron chi connectivity index (χ2n) is 5.43. The van der Waals surface area contributed by atoms with E-state index in [9.17, 15) is 13.6 Å². The minimum absolute atomic E-state index is 0.0315. The Bertz CT molecular complexity index is 936. The molecule has 1 aromatic carbocycles. The van der Waals surface area contributed by atoms with Gasteiger partial charge in [0.2, 0.25) is 0 Å². The molecule has 0 aliphatic heterocycles. The summed E-state index contributed by atoms with van der Waals surface area (Å²) in [6.45, 7) is 3.89. The van der Waals surface area contributed by atoms with E-state index in [1.165, 1.54) is 12.3 Å². The number of rotatable bonds is 3. The van der Waals surface area contributed by atoms with Gasteiger partial charge in [0.25, 0.3) is 12.3 Å². The van der Waals surface area contributed by atoms with Gasteiger partial charge in [-0.05, 0) is 37.1 Å². The molecule has 6 nitrogen and oxygen atoms in total. The molecule has 0 atom stereocenters. The maximum Gasteiger partial charge on any atom is 0.280 e. The lowest BCUT2D eigenvalue weighted by Gasteiger charge is -2.09. The zero-order valence-electron chi connectivity index (χ0n) is 13.0. The summed E-state index contributed by atoms with van der Waals surface area (Å²) < 4.78 is 27.8. The van der Waals surface area contributed by atoms with Crippen molar-refractivity contribution in [2.45, 2.75) is 20.3 Å². The molecule has 0 saturated carbocycles. The number of halogens is 2. The second kappa shape index (κ2) is 5.97. The van der Waals surface area contributed by atoms with Crippen LogP contribution in [0.1, 0.15) is 33.6 Å². The van der Waals surface area contributed by atoms with Gasteiger partial charge in [-0.25, -0.2) is 24.1 Å². The number of hydrogen-bond donors (Lipinski definition) is 2. The molecule has 3 aromatic rings. The molecule has 124 valence electrons. The van der Waals surface area contributed by atoms with Crippen LogP contribution in [0.15, 0.2) is 30.5 Å². The van der Waals surface area contributed by atoms with Crippen LogP contribution >= 0.6 is 0 Å². The molecule has 2 aromatic heterocycles. The lowest BCUT2D eigenvalue weighted by atomic mass is 10.0. The van der Waals surface area contributed by atoms with Gasteiger partial charge in [0.05, 0.1) is 11.9 Å². The first-order chi connectivity index (χ1) is 11.4. The molecular formula is C16H15F2N5O. The van der Waals surface area contributed by atoms with Gasteiger partial charge in [0.15, 0.2) is 5.65 Å². The maximum atomic E-state index is 13.4. The van der Waals surface area contributed by atoms with E-state index in [1.54, 1.807) is 6.07 Å². The molecule has 0 unspecified atom stereocenters. The van der Waals surface area contributed by atoms with E-state index in [-0.39, 0.29) is 16.9 Å². The number of hydrazine groups is 1. The third-order valence-electron chi connectivity index (χ3n) is 3.90. The predicted octanol–water partition coefficient (Wildman–Crippen LogP) is 2.55. The number of nitrogens with zero attached hydrogens (tertiary/aromatic N) is 3. The molecule has 3 rings (SSSR count). The first-order valence-electron chi connectivity index (χ1n) is 7.17. The minimum Gasteiger partial charge on any atom is -0.290 e. The van der Waals surface area contributed by atoms with Gasteiger partial charge in [0, 0.05) is 5.56 Å². The lowest BCUT2D eigenvalue weighted by molar-refractivity contribution is 0.0955. The van der Waals surface area contributed by atoms with Crippen molar-refractivity contribution in [2.24, 2.45) is 5.84 Å². The van der Waals surface area contributed by atoms with Crippen LogP contribution in [0.2, 0.25) is 0 Å². The summed E-state index contributed by atoms with van der Waals surface area (Å²) in [6, 6.07) is 6.83. The van der Waals surface area contributed by atoms with Crippen molar-refractivity contribution >= 4 is 11.6 Å². The van der Waals surface area contributed by atoms with Gasteiger partial charge in [-0.15, -0.1) is 0 Å². The van der Waals surface area contributed by atoms with E-state index in [0.29, 0.717) is 11.3 Å². The number of aromatic nitrogens is 3. The average Bonchev–Trinajstić information content (AvgIpc) is 2.99. The van der Waals surface area contributed by atoms with E-state index in [0.717, 1.165) is 15.6 Å².